The van der Waals surface area contributed by atoms with Crippen molar-refractivity contribution >= 4 is 17.2 Å². The van der Waals surface area contributed by atoms with E-state index in [1.54, 1.807) is 5.51 Å². The van der Waals surface area contributed by atoms with Crippen molar-refractivity contribution in [3.05, 3.63) is 16.6 Å². The zero-order chi connectivity index (χ0) is 10.7. The quantitative estimate of drug-likeness (QED) is 0.818. The summed E-state index contributed by atoms with van der Waals surface area (Å²) in [4.78, 5) is 17.7. The van der Waals surface area contributed by atoms with Gasteiger partial charge in [-0.2, -0.15) is 0 Å². The van der Waals surface area contributed by atoms with Gasteiger partial charge in [0.25, 0.3) is 0 Å². The summed E-state index contributed by atoms with van der Waals surface area (Å²) in [5.41, 5.74) is 2.58. The topological polar surface area (TPSA) is 53.4 Å². The number of hydrogen-bond donors (Lipinski definition) is 1. The number of aliphatic hydroxyl groups is 1. The highest BCUT2D eigenvalue weighted by Gasteiger charge is 2.25. The Bertz CT molecular complexity index is 326. The first-order valence-corrected chi connectivity index (χ1v) is 5.99. The maximum absolute atomic E-state index is 11.8. The van der Waals surface area contributed by atoms with Crippen LogP contribution in [0.3, 0.4) is 0 Å². The molecule has 15 heavy (non-hydrogen) atoms. The molecule has 1 aliphatic rings. The number of aliphatic hydroxyl groups excluding tert-OH is 1. The van der Waals surface area contributed by atoms with Crippen molar-refractivity contribution in [2.24, 2.45) is 5.92 Å². The first-order valence-electron chi connectivity index (χ1n) is 5.05. The third kappa shape index (κ3) is 2.54. The second-order valence-electron chi connectivity index (χ2n) is 3.83. The van der Waals surface area contributed by atoms with E-state index >= 15 is 0 Å². The molecule has 1 unspecified atom stereocenters. The van der Waals surface area contributed by atoms with Gasteiger partial charge in [0.2, 0.25) is 5.91 Å². The van der Waals surface area contributed by atoms with Crippen molar-refractivity contribution in [2.45, 2.75) is 12.8 Å². The predicted octanol–water partition coefficient (Wildman–Crippen LogP) is 0.526. The van der Waals surface area contributed by atoms with Crippen LogP contribution in [-0.4, -0.2) is 40.6 Å². The van der Waals surface area contributed by atoms with E-state index in [-0.39, 0.29) is 18.4 Å². The van der Waals surface area contributed by atoms with E-state index in [1.165, 1.54) is 11.3 Å². The number of aromatic nitrogens is 1. The molecule has 2 heterocycles. The molecule has 0 saturated carbocycles. The van der Waals surface area contributed by atoms with Gasteiger partial charge in [-0.1, -0.05) is 0 Å². The summed E-state index contributed by atoms with van der Waals surface area (Å²) in [5, 5.41) is 10.9. The second kappa shape index (κ2) is 4.72. The molecular weight excluding hydrogens is 212 g/mol. The zero-order valence-electron chi connectivity index (χ0n) is 8.43. The summed E-state index contributed by atoms with van der Waals surface area (Å²) in [7, 11) is 0. The molecule has 0 bridgehead atoms. The molecule has 1 aromatic rings. The van der Waals surface area contributed by atoms with Crippen LogP contribution in [-0.2, 0) is 11.2 Å². The van der Waals surface area contributed by atoms with Gasteiger partial charge in [0, 0.05) is 31.0 Å². The van der Waals surface area contributed by atoms with Crippen LogP contribution in [0.4, 0.5) is 0 Å². The molecule has 1 saturated heterocycles. The normalized spacial score (nSPS) is 20.9. The summed E-state index contributed by atoms with van der Waals surface area (Å²) in [6.07, 6.45) is 1.31. The average Bonchev–Trinajstić information content (AvgIpc) is 2.86. The van der Waals surface area contributed by atoms with Crippen LogP contribution in [0.15, 0.2) is 10.9 Å². The van der Waals surface area contributed by atoms with E-state index in [0.29, 0.717) is 13.0 Å². The molecule has 82 valence electrons. The fraction of sp³-hybridized carbons (Fsp3) is 0.600. The minimum atomic E-state index is 0.122. The zero-order valence-corrected chi connectivity index (χ0v) is 9.24. The first kappa shape index (κ1) is 10.6. The molecule has 0 aromatic carbocycles. The Balaban J connectivity index is 1.87. The van der Waals surface area contributed by atoms with Gasteiger partial charge in [-0.3, -0.25) is 4.79 Å². The maximum atomic E-state index is 11.8. The molecule has 1 atom stereocenters. The van der Waals surface area contributed by atoms with Crippen molar-refractivity contribution in [3.8, 4) is 0 Å². The van der Waals surface area contributed by atoms with Crippen LogP contribution in [0.25, 0.3) is 0 Å². The molecule has 0 radical (unpaired) electrons. The maximum Gasteiger partial charge on any atom is 0.228 e. The van der Waals surface area contributed by atoms with Crippen LogP contribution in [0.5, 0.6) is 0 Å². The van der Waals surface area contributed by atoms with Gasteiger partial charge < -0.3 is 10.0 Å². The Kier molecular flexibility index (Phi) is 3.33. The first-order chi connectivity index (χ1) is 7.29. The molecular formula is C10H14N2O2S. The lowest BCUT2D eigenvalue weighted by Gasteiger charge is -2.15. The standard InChI is InChI=1S/C10H14N2O2S/c13-5-8-1-2-12(4-8)10(14)3-9-6-15-7-11-9/h6-8,13H,1-5H2. The molecule has 5 heteroatoms. The van der Waals surface area contributed by atoms with E-state index in [0.717, 1.165) is 18.7 Å². The SMILES string of the molecule is O=C(Cc1cscn1)N1CCC(CO)C1. The smallest absolute Gasteiger partial charge is 0.228 e. The Morgan fingerprint density at radius 2 is 2.60 bits per heavy atom. The number of thiazole rings is 1. The summed E-state index contributed by atoms with van der Waals surface area (Å²) in [6, 6.07) is 0. The largest absolute Gasteiger partial charge is 0.396 e. The highest BCUT2D eigenvalue weighted by molar-refractivity contribution is 7.07. The Morgan fingerprint density at radius 1 is 1.73 bits per heavy atom. The Morgan fingerprint density at radius 3 is 3.20 bits per heavy atom. The number of hydrogen-bond acceptors (Lipinski definition) is 4. The van der Waals surface area contributed by atoms with E-state index in [2.05, 4.69) is 4.98 Å². The second-order valence-corrected chi connectivity index (χ2v) is 4.55. The van der Waals surface area contributed by atoms with Gasteiger partial charge in [-0.25, -0.2) is 4.98 Å². The third-order valence-electron chi connectivity index (χ3n) is 2.71. The fourth-order valence-electron chi connectivity index (χ4n) is 1.80. The number of amides is 1. The van der Waals surface area contributed by atoms with Gasteiger partial charge in [0.15, 0.2) is 0 Å². The van der Waals surface area contributed by atoms with Gasteiger partial charge in [0.1, 0.15) is 0 Å². The van der Waals surface area contributed by atoms with Crippen LogP contribution in [0, 0.1) is 5.92 Å². The van der Waals surface area contributed by atoms with Crippen LogP contribution in [0.2, 0.25) is 0 Å². The van der Waals surface area contributed by atoms with Crippen LogP contribution >= 0.6 is 11.3 Å². The van der Waals surface area contributed by atoms with Crippen molar-refractivity contribution in [1.82, 2.24) is 9.88 Å². The monoisotopic (exact) mass is 226 g/mol. The van der Waals surface area contributed by atoms with Crippen LogP contribution < -0.4 is 0 Å². The molecule has 1 N–H and O–H groups in total. The van der Waals surface area contributed by atoms with Crippen molar-refractivity contribution in [1.29, 1.82) is 0 Å². The molecule has 1 amide bonds. The van der Waals surface area contributed by atoms with E-state index in [4.69, 9.17) is 5.11 Å². The lowest BCUT2D eigenvalue weighted by atomic mass is 10.1. The van der Waals surface area contributed by atoms with Crippen LogP contribution in [0.1, 0.15) is 12.1 Å². The molecule has 0 spiro atoms. The summed E-state index contributed by atoms with van der Waals surface area (Å²) in [6.45, 7) is 1.65. The lowest BCUT2D eigenvalue weighted by molar-refractivity contribution is -0.129. The Labute approximate surface area is 92.6 Å². The number of nitrogens with zero attached hydrogens (tertiary/aromatic N) is 2. The molecule has 4 nitrogen and oxygen atoms in total. The number of rotatable bonds is 3. The van der Waals surface area contributed by atoms with E-state index < -0.39 is 0 Å². The highest BCUT2D eigenvalue weighted by atomic mass is 32.1. The molecule has 2 rings (SSSR count). The minimum absolute atomic E-state index is 0.122. The third-order valence-corrected chi connectivity index (χ3v) is 3.35. The van der Waals surface area contributed by atoms with Gasteiger partial charge in [0.05, 0.1) is 17.6 Å². The fourth-order valence-corrected chi connectivity index (χ4v) is 2.36. The van der Waals surface area contributed by atoms with Crippen molar-refractivity contribution in [3.63, 3.8) is 0 Å². The van der Waals surface area contributed by atoms with Crippen molar-refractivity contribution < 1.29 is 9.90 Å². The average molecular weight is 226 g/mol. The molecule has 1 fully saturated rings. The summed E-state index contributed by atoms with van der Waals surface area (Å²) in [5.74, 6) is 0.390. The Hall–Kier alpha value is -0.940. The van der Waals surface area contributed by atoms with Gasteiger partial charge in [-0.15, -0.1) is 11.3 Å². The molecule has 1 aromatic heterocycles. The number of carbonyl (C=O) groups is 1. The summed E-state index contributed by atoms with van der Waals surface area (Å²) >= 11 is 1.51. The van der Waals surface area contributed by atoms with Crippen molar-refractivity contribution in [2.75, 3.05) is 19.7 Å². The van der Waals surface area contributed by atoms with E-state index in [9.17, 15) is 4.79 Å². The minimum Gasteiger partial charge on any atom is -0.396 e. The highest BCUT2D eigenvalue weighted by Crippen LogP contribution is 2.16. The van der Waals surface area contributed by atoms with Gasteiger partial charge in [-0.05, 0) is 6.42 Å². The summed E-state index contributed by atoms with van der Waals surface area (Å²) < 4.78 is 0. The number of likely N-dealkylation sites (tertiary alicyclic amines) is 1. The molecule has 1 aliphatic heterocycles. The predicted molar refractivity (Wildman–Crippen MR) is 57.6 cm³/mol. The van der Waals surface area contributed by atoms with E-state index in [1.807, 2.05) is 10.3 Å². The lowest BCUT2D eigenvalue weighted by Crippen LogP contribution is -2.30. The number of carbonyl (C=O) groups excluding carboxylic acids is 1. The van der Waals surface area contributed by atoms with Gasteiger partial charge >= 0.3 is 0 Å². The molecule has 0 aliphatic carbocycles.